The van der Waals surface area contributed by atoms with Gasteiger partial charge in [-0.15, -0.1) is 11.6 Å². The van der Waals surface area contributed by atoms with E-state index in [1.165, 1.54) is 6.07 Å². The summed E-state index contributed by atoms with van der Waals surface area (Å²) in [6.07, 6.45) is 3.34. The molecule has 0 heterocycles. The predicted octanol–water partition coefficient (Wildman–Crippen LogP) is 2.97. The lowest BCUT2D eigenvalue weighted by atomic mass is 10.1. The summed E-state index contributed by atoms with van der Waals surface area (Å²) in [5.74, 6) is 0.0625. The fourth-order valence-electron chi connectivity index (χ4n) is 1.02. The minimum absolute atomic E-state index is 0.315. The minimum atomic E-state index is -0.315. The zero-order valence-corrected chi connectivity index (χ0v) is 8.11. The molecule has 0 atom stereocenters. The molecule has 0 bridgehead atoms. The van der Waals surface area contributed by atoms with Gasteiger partial charge in [0.1, 0.15) is 5.82 Å². The van der Waals surface area contributed by atoms with Crippen LogP contribution in [0, 0.1) is 12.7 Å². The first-order chi connectivity index (χ1) is 6.15. The van der Waals surface area contributed by atoms with Crippen molar-refractivity contribution in [3.05, 3.63) is 35.2 Å². The number of alkyl halides is 1. The minimum Gasteiger partial charge on any atom is -0.398 e. The van der Waals surface area contributed by atoms with Crippen LogP contribution in [0.25, 0.3) is 6.08 Å². The van der Waals surface area contributed by atoms with E-state index in [4.69, 9.17) is 17.3 Å². The van der Waals surface area contributed by atoms with Crippen LogP contribution >= 0.6 is 11.6 Å². The Kier molecular flexibility index (Phi) is 3.32. The smallest absolute Gasteiger partial charge is 0.132 e. The van der Waals surface area contributed by atoms with Crippen LogP contribution in [0.15, 0.2) is 18.2 Å². The van der Waals surface area contributed by atoms with Gasteiger partial charge >= 0.3 is 0 Å². The molecule has 0 aliphatic rings. The molecule has 1 aromatic carbocycles. The van der Waals surface area contributed by atoms with Crippen molar-refractivity contribution >= 4 is 23.4 Å². The van der Waals surface area contributed by atoms with Crippen LogP contribution in [-0.2, 0) is 0 Å². The van der Waals surface area contributed by atoms with Gasteiger partial charge in [0.05, 0.1) is 0 Å². The first-order valence-corrected chi connectivity index (χ1v) is 4.46. The summed E-state index contributed by atoms with van der Waals surface area (Å²) in [6, 6.07) is 3.02. The van der Waals surface area contributed by atoms with E-state index in [0.717, 1.165) is 5.56 Å². The van der Waals surface area contributed by atoms with Gasteiger partial charge in [0.15, 0.2) is 0 Å². The van der Waals surface area contributed by atoms with Crippen LogP contribution in [0.2, 0.25) is 0 Å². The highest BCUT2D eigenvalue weighted by atomic mass is 35.5. The number of benzene rings is 1. The van der Waals surface area contributed by atoms with Crippen molar-refractivity contribution in [3.8, 4) is 0 Å². The maximum atomic E-state index is 13.2. The number of rotatable bonds is 2. The summed E-state index contributed by atoms with van der Waals surface area (Å²) in [5.41, 5.74) is 7.39. The second-order valence-electron chi connectivity index (χ2n) is 2.79. The van der Waals surface area contributed by atoms with Crippen molar-refractivity contribution in [2.75, 3.05) is 11.6 Å². The molecule has 0 aliphatic carbocycles. The molecule has 2 N–H and O–H groups in total. The molecule has 1 nitrogen and oxygen atoms in total. The average Bonchev–Trinajstić information content (AvgIpc) is 2.09. The van der Waals surface area contributed by atoms with Crippen molar-refractivity contribution < 1.29 is 4.39 Å². The number of aryl methyl sites for hydroxylation is 1. The third kappa shape index (κ3) is 2.46. The van der Waals surface area contributed by atoms with Gasteiger partial charge in [0.2, 0.25) is 0 Å². The van der Waals surface area contributed by atoms with Crippen LogP contribution in [0.3, 0.4) is 0 Å². The third-order valence-corrected chi connectivity index (χ3v) is 1.95. The molecule has 0 fully saturated rings. The Balaban J connectivity index is 3.08. The summed E-state index contributed by atoms with van der Waals surface area (Å²) in [4.78, 5) is 0. The fraction of sp³-hybridized carbons (Fsp3) is 0.200. The molecule has 0 spiro atoms. The number of nitrogen functional groups attached to an aromatic ring is 1. The number of hydrogen-bond acceptors (Lipinski definition) is 1. The predicted molar refractivity (Wildman–Crippen MR) is 55.3 cm³/mol. The fourth-order valence-corrected chi connectivity index (χ4v) is 1.11. The van der Waals surface area contributed by atoms with E-state index in [1.54, 1.807) is 18.2 Å². The normalized spacial score (nSPS) is 11.0. The lowest BCUT2D eigenvalue weighted by Gasteiger charge is -2.02. The van der Waals surface area contributed by atoms with E-state index in [9.17, 15) is 4.39 Å². The molecule has 13 heavy (non-hydrogen) atoms. The second-order valence-corrected chi connectivity index (χ2v) is 3.10. The van der Waals surface area contributed by atoms with Gasteiger partial charge in [0.25, 0.3) is 0 Å². The molecule has 0 unspecified atom stereocenters. The van der Waals surface area contributed by atoms with Crippen LogP contribution < -0.4 is 5.73 Å². The molecule has 0 aromatic heterocycles. The van der Waals surface area contributed by atoms with Crippen LogP contribution in [0.5, 0.6) is 0 Å². The Morgan fingerprint density at radius 1 is 1.54 bits per heavy atom. The third-order valence-electron chi connectivity index (χ3n) is 1.77. The van der Waals surface area contributed by atoms with E-state index >= 15 is 0 Å². The van der Waals surface area contributed by atoms with E-state index in [0.29, 0.717) is 17.1 Å². The molecule has 0 saturated heterocycles. The van der Waals surface area contributed by atoms with Gasteiger partial charge < -0.3 is 5.73 Å². The van der Waals surface area contributed by atoms with E-state index in [-0.39, 0.29) is 5.82 Å². The average molecular weight is 200 g/mol. The number of hydrogen-bond donors (Lipinski definition) is 1. The highest BCUT2D eigenvalue weighted by molar-refractivity contribution is 6.19. The zero-order valence-electron chi connectivity index (χ0n) is 7.35. The van der Waals surface area contributed by atoms with Crippen molar-refractivity contribution in [2.24, 2.45) is 0 Å². The van der Waals surface area contributed by atoms with Gasteiger partial charge in [-0.3, -0.25) is 0 Å². The van der Waals surface area contributed by atoms with Gasteiger partial charge in [-0.1, -0.05) is 12.2 Å². The first-order valence-electron chi connectivity index (χ1n) is 3.93. The van der Waals surface area contributed by atoms with Crippen molar-refractivity contribution in [3.63, 3.8) is 0 Å². The lowest BCUT2D eigenvalue weighted by Crippen LogP contribution is -1.93. The first kappa shape index (κ1) is 10.1. The Labute approximate surface area is 82.0 Å². The Morgan fingerprint density at radius 3 is 2.85 bits per heavy atom. The van der Waals surface area contributed by atoms with E-state index in [1.807, 2.05) is 6.92 Å². The molecule has 0 amide bonds. The molecule has 0 radical (unpaired) electrons. The van der Waals surface area contributed by atoms with Gasteiger partial charge in [0, 0.05) is 17.1 Å². The van der Waals surface area contributed by atoms with Gasteiger partial charge in [-0.2, -0.15) is 0 Å². The van der Waals surface area contributed by atoms with Crippen LogP contribution in [0.4, 0.5) is 10.1 Å². The van der Waals surface area contributed by atoms with E-state index < -0.39 is 0 Å². The highest BCUT2D eigenvalue weighted by Crippen LogP contribution is 2.18. The van der Waals surface area contributed by atoms with Crippen LogP contribution in [-0.4, -0.2) is 5.88 Å². The SMILES string of the molecule is Cc1cc(C=CCCl)c(F)cc1N. The second kappa shape index (κ2) is 4.28. The summed E-state index contributed by atoms with van der Waals surface area (Å²) in [7, 11) is 0. The van der Waals surface area contributed by atoms with Crippen molar-refractivity contribution in [2.45, 2.75) is 6.92 Å². The summed E-state index contributed by atoms with van der Waals surface area (Å²) in [5, 5.41) is 0. The topological polar surface area (TPSA) is 26.0 Å². The van der Waals surface area contributed by atoms with Gasteiger partial charge in [-0.05, 0) is 24.6 Å². The molecule has 1 aromatic rings. The molecular weight excluding hydrogens is 189 g/mol. The molecule has 3 heteroatoms. The number of halogens is 2. The standard InChI is InChI=1S/C10H11ClFN/c1-7-5-8(3-2-4-11)9(12)6-10(7)13/h2-3,5-6H,4,13H2,1H3. The Hall–Kier alpha value is -1.02. The van der Waals surface area contributed by atoms with Crippen molar-refractivity contribution in [1.82, 2.24) is 0 Å². The van der Waals surface area contributed by atoms with Crippen molar-refractivity contribution in [1.29, 1.82) is 0 Å². The zero-order chi connectivity index (χ0) is 9.84. The van der Waals surface area contributed by atoms with Crippen LogP contribution in [0.1, 0.15) is 11.1 Å². The number of nitrogens with two attached hydrogens (primary N) is 1. The summed E-state index contributed by atoms with van der Waals surface area (Å²) >= 11 is 5.44. The lowest BCUT2D eigenvalue weighted by molar-refractivity contribution is 0.625. The maximum Gasteiger partial charge on any atom is 0.132 e. The number of allylic oxidation sites excluding steroid dienone is 1. The Morgan fingerprint density at radius 2 is 2.23 bits per heavy atom. The quantitative estimate of drug-likeness (QED) is 0.575. The summed E-state index contributed by atoms with van der Waals surface area (Å²) in [6.45, 7) is 1.84. The van der Waals surface area contributed by atoms with E-state index in [2.05, 4.69) is 0 Å². The molecule has 1 rings (SSSR count). The monoisotopic (exact) mass is 199 g/mol. The molecule has 70 valence electrons. The largest absolute Gasteiger partial charge is 0.398 e. The molecule has 0 saturated carbocycles. The maximum absolute atomic E-state index is 13.2. The summed E-state index contributed by atoms with van der Waals surface area (Å²) < 4.78 is 13.2. The van der Waals surface area contributed by atoms with Gasteiger partial charge in [-0.25, -0.2) is 4.39 Å². The molecule has 0 aliphatic heterocycles. The Bertz CT molecular complexity index is 334. The molecular formula is C10H11ClFN. The highest BCUT2D eigenvalue weighted by Gasteiger charge is 2.01. The number of anilines is 1.